The van der Waals surface area contributed by atoms with E-state index in [4.69, 9.17) is 23.8 Å². The van der Waals surface area contributed by atoms with Gasteiger partial charge in [-0.1, -0.05) is 47.7 Å². The number of thiocarbonyl (C=S) groups is 1. The lowest BCUT2D eigenvalue weighted by atomic mass is 10.2. The molecule has 0 saturated carbocycles. The predicted molar refractivity (Wildman–Crippen MR) is 120 cm³/mol. The van der Waals surface area contributed by atoms with Crippen LogP contribution in [-0.2, 0) is 10.5 Å². The minimum absolute atomic E-state index is 0.0203. The number of hydrogen-bond donors (Lipinski definition) is 0. The van der Waals surface area contributed by atoms with Gasteiger partial charge in [0.2, 0.25) is 0 Å². The summed E-state index contributed by atoms with van der Waals surface area (Å²) in [5.74, 6) is 0.504. The molecule has 1 saturated heterocycles. The first-order valence-electron chi connectivity index (χ1n) is 8.30. The van der Waals surface area contributed by atoms with Crippen LogP contribution < -0.4 is 0 Å². The van der Waals surface area contributed by atoms with Crippen LogP contribution in [0, 0.1) is 10.1 Å². The number of nitro groups is 1. The van der Waals surface area contributed by atoms with Gasteiger partial charge in [0.25, 0.3) is 11.6 Å². The highest BCUT2D eigenvalue weighted by Crippen LogP contribution is 2.36. The third-order valence-corrected chi connectivity index (χ3v) is 6.78. The van der Waals surface area contributed by atoms with E-state index >= 15 is 0 Å². The van der Waals surface area contributed by atoms with Crippen molar-refractivity contribution in [2.45, 2.75) is 17.6 Å². The van der Waals surface area contributed by atoms with E-state index < -0.39 is 4.92 Å². The first-order chi connectivity index (χ1) is 13.4. The number of carbonyl (C=O) groups excluding carboxylic acids is 1. The molecule has 1 aliphatic rings. The molecule has 1 aliphatic heterocycles. The lowest BCUT2D eigenvalue weighted by Gasteiger charge is -2.10. The van der Waals surface area contributed by atoms with Gasteiger partial charge in [-0.3, -0.25) is 19.8 Å². The van der Waals surface area contributed by atoms with Crippen LogP contribution in [0.15, 0.2) is 52.3 Å². The van der Waals surface area contributed by atoms with Gasteiger partial charge in [-0.25, -0.2) is 0 Å². The Balaban J connectivity index is 1.91. The summed E-state index contributed by atoms with van der Waals surface area (Å²) in [6, 6.07) is 12.2. The molecule has 2 aromatic carbocycles. The van der Waals surface area contributed by atoms with Crippen LogP contribution in [0.1, 0.15) is 18.1 Å². The number of carbonyl (C=O) groups is 1. The maximum absolute atomic E-state index is 12.5. The van der Waals surface area contributed by atoms with E-state index in [9.17, 15) is 14.9 Å². The molecule has 1 heterocycles. The van der Waals surface area contributed by atoms with Crippen LogP contribution in [0.3, 0.4) is 0 Å². The molecule has 0 aromatic heterocycles. The van der Waals surface area contributed by atoms with E-state index in [2.05, 4.69) is 0 Å². The van der Waals surface area contributed by atoms with Gasteiger partial charge < -0.3 is 0 Å². The highest BCUT2D eigenvalue weighted by atomic mass is 35.5. The summed E-state index contributed by atoms with van der Waals surface area (Å²) in [4.78, 5) is 26.1. The zero-order valence-corrected chi connectivity index (χ0v) is 18.0. The zero-order chi connectivity index (χ0) is 20.3. The molecule has 0 radical (unpaired) electrons. The molecular formula is C19H15ClN2O3S3. The molecule has 0 unspecified atom stereocenters. The highest BCUT2D eigenvalue weighted by molar-refractivity contribution is 8.26. The zero-order valence-electron chi connectivity index (χ0n) is 14.8. The summed E-state index contributed by atoms with van der Waals surface area (Å²) in [5.41, 5.74) is 1.69. The number of amides is 1. The fourth-order valence-electron chi connectivity index (χ4n) is 2.55. The van der Waals surface area contributed by atoms with E-state index in [0.29, 0.717) is 32.1 Å². The average Bonchev–Trinajstić information content (AvgIpc) is 2.94. The number of thioether (sulfide) groups is 2. The van der Waals surface area contributed by atoms with E-state index in [-0.39, 0.29) is 11.6 Å². The van der Waals surface area contributed by atoms with E-state index in [1.807, 2.05) is 31.2 Å². The molecule has 0 spiro atoms. The second kappa shape index (κ2) is 9.09. The van der Waals surface area contributed by atoms with Crippen LogP contribution in [0.25, 0.3) is 6.08 Å². The molecule has 0 atom stereocenters. The standard InChI is InChI=1S/C19H15ClN2O3S3/c1-2-21-18(23)17(28-19(21)26)10-13-9-15(22(24)25)7-8-16(13)27-11-12-3-5-14(20)6-4-12/h3-10H,2,11H2,1H3. The maximum Gasteiger partial charge on any atom is 0.270 e. The molecule has 3 rings (SSSR count). The van der Waals surface area contributed by atoms with Crippen molar-refractivity contribution in [3.8, 4) is 0 Å². The Morgan fingerprint density at radius 1 is 1.29 bits per heavy atom. The minimum atomic E-state index is -0.442. The molecule has 1 amide bonds. The normalized spacial score (nSPS) is 15.5. The number of likely N-dealkylation sites (N-methyl/N-ethyl adjacent to an activating group) is 1. The van der Waals surface area contributed by atoms with Crippen molar-refractivity contribution in [3.63, 3.8) is 0 Å². The number of nitrogens with zero attached hydrogens (tertiary/aromatic N) is 2. The van der Waals surface area contributed by atoms with Crippen molar-refractivity contribution in [1.29, 1.82) is 0 Å². The summed E-state index contributed by atoms with van der Waals surface area (Å²) in [6.07, 6.45) is 1.69. The quantitative estimate of drug-likeness (QED) is 0.183. The van der Waals surface area contributed by atoms with Crippen LogP contribution in [0.2, 0.25) is 5.02 Å². The molecule has 2 aromatic rings. The fraction of sp³-hybridized carbons (Fsp3) is 0.158. The van der Waals surface area contributed by atoms with Crippen LogP contribution in [0.5, 0.6) is 0 Å². The fourth-order valence-corrected chi connectivity index (χ4v) is 5.01. The summed E-state index contributed by atoms with van der Waals surface area (Å²) in [7, 11) is 0. The maximum atomic E-state index is 12.5. The number of rotatable bonds is 6. The lowest BCUT2D eigenvalue weighted by Crippen LogP contribution is -2.27. The smallest absolute Gasteiger partial charge is 0.270 e. The van der Waals surface area contributed by atoms with Crippen LogP contribution in [0.4, 0.5) is 5.69 Å². The molecule has 28 heavy (non-hydrogen) atoms. The van der Waals surface area contributed by atoms with Crippen molar-refractivity contribution in [2.75, 3.05) is 6.54 Å². The average molecular weight is 451 g/mol. The Bertz CT molecular complexity index is 977. The summed E-state index contributed by atoms with van der Waals surface area (Å²) >= 11 is 13.9. The third-order valence-electron chi connectivity index (χ3n) is 3.99. The highest BCUT2D eigenvalue weighted by Gasteiger charge is 2.31. The van der Waals surface area contributed by atoms with Gasteiger partial charge >= 0.3 is 0 Å². The number of hydrogen-bond acceptors (Lipinski definition) is 6. The summed E-state index contributed by atoms with van der Waals surface area (Å²) in [6.45, 7) is 2.35. The van der Waals surface area contributed by atoms with Crippen molar-refractivity contribution < 1.29 is 9.72 Å². The second-order valence-corrected chi connectivity index (χ2v) is 8.95. The Kier molecular flexibility index (Phi) is 6.77. The molecule has 9 heteroatoms. The molecule has 5 nitrogen and oxygen atoms in total. The molecule has 144 valence electrons. The minimum Gasteiger partial charge on any atom is -0.293 e. The van der Waals surface area contributed by atoms with Crippen molar-refractivity contribution in [1.82, 2.24) is 4.90 Å². The van der Waals surface area contributed by atoms with E-state index in [1.54, 1.807) is 23.9 Å². The third kappa shape index (κ3) is 4.75. The molecular weight excluding hydrogens is 436 g/mol. The molecule has 0 bridgehead atoms. The van der Waals surface area contributed by atoms with Gasteiger partial charge in [0, 0.05) is 34.3 Å². The SMILES string of the molecule is CCN1C(=O)C(=Cc2cc([N+](=O)[O-])ccc2SCc2ccc(Cl)cc2)SC1=S. The van der Waals surface area contributed by atoms with Gasteiger partial charge in [-0.05, 0) is 42.3 Å². The Morgan fingerprint density at radius 2 is 2.00 bits per heavy atom. The predicted octanol–water partition coefficient (Wildman–Crippen LogP) is 5.76. The first kappa shape index (κ1) is 20.9. The molecule has 1 fully saturated rings. The Hall–Kier alpha value is -1.87. The topological polar surface area (TPSA) is 63.5 Å². The number of halogens is 1. The van der Waals surface area contributed by atoms with Crippen molar-refractivity contribution >= 4 is 69.3 Å². The number of nitro benzene ring substituents is 1. The second-order valence-electron chi connectivity index (χ2n) is 5.82. The number of non-ortho nitro benzene ring substituents is 1. The van der Waals surface area contributed by atoms with Gasteiger partial charge in [0.1, 0.15) is 4.32 Å². The van der Waals surface area contributed by atoms with Gasteiger partial charge in [-0.2, -0.15) is 0 Å². The monoisotopic (exact) mass is 450 g/mol. The van der Waals surface area contributed by atoms with Crippen LogP contribution in [-0.4, -0.2) is 26.6 Å². The lowest BCUT2D eigenvalue weighted by molar-refractivity contribution is -0.384. The van der Waals surface area contributed by atoms with Crippen molar-refractivity contribution in [2.24, 2.45) is 0 Å². The summed E-state index contributed by atoms with van der Waals surface area (Å²) < 4.78 is 0.500. The van der Waals surface area contributed by atoms with Gasteiger partial charge in [-0.15, -0.1) is 11.8 Å². The van der Waals surface area contributed by atoms with Crippen LogP contribution >= 0.6 is 47.3 Å². The number of benzene rings is 2. The van der Waals surface area contributed by atoms with Gasteiger partial charge in [0.15, 0.2) is 0 Å². The largest absolute Gasteiger partial charge is 0.293 e. The van der Waals surface area contributed by atoms with E-state index in [1.165, 1.54) is 28.8 Å². The van der Waals surface area contributed by atoms with Crippen molar-refractivity contribution in [3.05, 3.63) is 73.6 Å². The van der Waals surface area contributed by atoms with E-state index in [0.717, 1.165) is 10.5 Å². The Labute approximate surface area is 181 Å². The Morgan fingerprint density at radius 3 is 2.61 bits per heavy atom. The summed E-state index contributed by atoms with van der Waals surface area (Å²) in [5, 5.41) is 11.9. The molecule has 0 aliphatic carbocycles. The first-order valence-corrected chi connectivity index (χ1v) is 10.9. The molecule has 0 N–H and O–H groups in total. The van der Waals surface area contributed by atoms with Gasteiger partial charge in [0.05, 0.1) is 9.83 Å².